The number of rotatable bonds is 5. The van der Waals surface area contributed by atoms with Crippen LogP contribution in [0.25, 0.3) is 11.4 Å². The molecule has 0 aliphatic carbocycles. The third kappa shape index (κ3) is 4.19. The molecule has 9 heteroatoms. The summed E-state index contributed by atoms with van der Waals surface area (Å²) in [5, 5.41) is 7.87. The van der Waals surface area contributed by atoms with E-state index >= 15 is 0 Å². The number of hydrogen-bond acceptors (Lipinski definition) is 7. The Morgan fingerprint density at radius 3 is 2.74 bits per heavy atom. The summed E-state index contributed by atoms with van der Waals surface area (Å²) >= 11 is 1.57. The van der Waals surface area contributed by atoms with Crippen LogP contribution in [0, 0.1) is 0 Å². The molecule has 2 aliphatic heterocycles. The van der Waals surface area contributed by atoms with Crippen LogP contribution >= 0.6 is 11.3 Å². The van der Waals surface area contributed by atoms with E-state index in [2.05, 4.69) is 10.1 Å². The summed E-state index contributed by atoms with van der Waals surface area (Å²) in [7, 11) is 0. The Morgan fingerprint density at radius 1 is 1.22 bits per heavy atom. The second-order valence-corrected chi connectivity index (χ2v) is 7.51. The number of hydrogen-bond donors (Lipinski definition) is 0. The quantitative estimate of drug-likeness (QED) is 0.770. The van der Waals surface area contributed by atoms with Crippen LogP contribution in [0.4, 0.5) is 0 Å². The summed E-state index contributed by atoms with van der Waals surface area (Å²) < 4.78 is 10.7. The molecule has 1 unspecified atom stereocenters. The van der Waals surface area contributed by atoms with Gasteiger partial charge in [0.25, 0.3) is 5.91 Å². The highest BCUT2D eigenvalue weighted by Crippen LogP contribution is 2.19. The molecule has 4 heterocycles. The Morgan fingerprint density at radius 2 is 2.04 bits per heavy atom. The minimum atomic E-state index is -0.290. The summed E-state index contributed by atoms with van der Waals surface area (Å²) in [5.41, 5.74) is 0.924. The lowest BCUT2D eigenvalue weighted by Crippen LogP contribution is -2.52. The van der Waals surface area contributed by atoms with Gasteiger partial charge in [-0.3, -0.25) is 9.59 Å². The number of carbonyl (C=O) groups is 2. The lowest BCUT2D eigenvalue weighted by molar-refractivity contribution is -0.146. The highest BCUT2D eigenvalue weighted by molar-refractivity contribution is 7.08. The van der Waals surface area contributed by atoms with Gasteiger partial charge in [0.2, 0.25) is 17.6 Å². The average Bonchev–Trinajstić information content (AvgIpc) is 3.47. The van der Waals surface area contributed by atoms with Gasteiger partial charge in [-0.25, -0.2) is 0 Å². The summed E-state index contributed by atoms with van der Waals surface area (Å²) in [5.74, 6) is 1.14. The Bertz CT molecular complexity index is 777. The minimum Gasteiger partial charge on any atom is -0.368 e. The molecule has 2 aromatic heterocycles. The van der Waals surface area contributed by atoms with Crippen LogP contribution in [0.3, 0.4) is 0 Å². The van der Waals surface area contributed by atoms with Crippen molar-refractivity contribution in [1.82, 2.24) is 19.9 Å². The molecular formula is C18H22N4O4S. The zero-order chi connectivity index (χ0) is 18.6. The molecule has 2 saturated heterocycles. The summed E-state index contributed by atoms with van der Waals surface area (Å²) in [6, 6.07) is 1.93. The first-order valence-corrected chi connectivity index (χ1v) is 10.2. The Hall–Kier alpha value is -2.26. The number of amides is 2. The number of thiophene rings is 1. The van der Waals surface area contributed by atoms with Gasteiger partial charge in [-0.2, -0.15) is 16.3 Å². The predicted octanol–water partition coefficient (Wildman–Crippen LogP) is 1.58. The molecule has 0 saturated carbocycles. The first kappa shape index (κ1) is 18.1. The fourth-order valence-electron chi connectivity index (χ4n) is 3.39. The predicted molar refractivity (Wildman–Crippen MR) is 98.1 cm³/mol. The molecule has 0 aromatic carbocycles. The van der Waals surface area contributed by atoms with Crippen LogP contribution in [0.2, 0.25) is 0 Å². The topological polar surface area (TPSA) is 88.8 Å². The molecule has 0 spiro atoms. The summed E-state index contributed by atoms with van der Waals surface area (Å²) in [6.07, 6.45) is 2.20. The minimum absolute atomic E-state index is 0.0505. The van der Waals surface area contributed by atoms with Crippen LogP contribution in [0.1, 0.15) is 25.2 Å². The molecule has 2 aliphatic rings. The number of aryl methyl sites for hydroxylation is 1. The van der Waals surface area contributed by atoms with Gasteiger partial charge in [0.15, 0.2) is 0 Å². The SMILES string of the molecule is O=C(CCc1nc(-c2ccsc2)no1)N1CCN(C(=O)C2CCCO2)CC1. The van der Waals surface area contributed by atoms with E-state index in [9.17, 15) is 9.59 Å². The van der Waals surface area contributed by atoms with Crippen LogP contribution in [-0.4, -0.2) is 70.6 Å². The lowest BCUT2D eigenvalue weighted by atomic mass is 10.2. The molecule has 0 bridgehead atoms. The molecule has 27 heavy (non-hydrogen) atoms. The zero-order valence-electron chi connectivity index (χ0n) is 15.0. The maximum absolute atomic E-state index is 12.4. The van der Waals surface area contributed by atoms with Gasteiger partial charge in [0.05, 0.1) is 0 Å². The fourth-order valence-corrected chi connectivity index (χ4v) is 4.02. The van der Waals surface area contributed by atoms with E-state index in [0.717, 1.165) is 18.4 Å². The zero-order valence-corrected chi connectivity index (χ0v) is 15.8. The van der Waals surface area contributed by atoms with E-state index < -0.39 is 0 Å². The van der Waals surface area contributed by atoms with Gasteiger partial charge in [-0.1, -0.05) is 5.16 Å². The van der Waals surface area contributed by atoms with Gasteiger partial charge in [-0.15, -0.1) is 0 Å². The highest BCUT2D eigenvalue weighted by Gasteiger charge is 2.31. The van der Waals surface area contributed by atoms with E-state index in [0.29, 0.717) is 57.3 Å². The smallest absolute Gasteiger partial charge is 0.251 e. The summed E-state index contributed by atoms with van der Waals surface area (Å²) in [6.45, 7) is 2.90. The van der Waals surface area contributed by atoms with Gasteiger partial charge in [0, 0.05) is 56.6 Å². The van der Waals surface area contributed by atoms with Gasteiger partial charge in [-0.05, 0) is 24.3 Å². The van der Waals surface area contributed by atoms with Crippen molar-refractivity contribution in [2.75, 3.05) is 32.8 Å². The van der Waals surface area contributed by atoms with E-state index in [1.54, 1.807) is 16.2 Å². The number of ether oxygens (including phenoxy) is 1. The molecule has 2 amide bonds. The lowest BCUT2D eigenvalue weighted by Gasteiger charge is -2.35. The van der Waals surface area contributed by atoms with E-state index in [4.69, 9.17) is 9.26 Å². The third-order valence-corrected chi connectivity index (χ3v) is 5.63. The first-order valence-electron chi connectivity index (χ1n) is 9.24. The van der Waals surface area contributed by atoms with E-state index in [-0.39, 0.29) is 17.9 Å². The first-order chi connectivity index (χ1) is 13.2. The van der Waals surface area contributed by atoms with Crippen LogP contribution < -0.4 is 0 Å². The third-order valence-electron chi connectivity index (χ3n) is 4.95. The molecule has 8 nitrogen and oxygen atoms in total. The average molecular weight is 390 g/mol. The van der Waals surface area contributed by atoms with Gasteiger partial charge in [0.1, 0.15) is 6.10 Å². The maximum Gasteiger partial charge on any atom is 0.251 e. The Balaban J connectivity index is 1.23. The number of nitrogens with zero attached hydrogens (tertiary/aromatic N) is 4. The second kappa shape index (κ2) is 8.18. The maximum atomic E-state index is 12.4. The van der Waals surface area contributed by atoms with E-state index in [1.165, 1.54) is 0 Å². The number of carbonyl (C=O) groups excluding carboxylic acids is 2. The number of piperazine rings is 1. The van der Waals surface area contributed by atoms with Crippen molar-refractivity contribution in [1.29, 1.82) is 0 Å². The monoisotopic (exact) mass is 390 g/mol. The fraction of sp³-hybridized carbons (Fsp3) is 0.556. The molecule has 0 N–H and O–H groups in total. The van der Waals surface area contributed by atoms with Crippen LogP contribution in [0.15, 0.2) is 21.3 Å². The Kier molecular flexibility index (Phi) is 5.49. The molecule has 4 rings (SSSR count). The summed E-state index contributed by atoms with van der Waals surface area (Å²) in [4.78, 5) is 32.8. The van der Waals surface area contributed by atoms with Crippen molar-refractivity contribution < 1.29 is 18.8 Å². The molecule has 2 aromatic rings. The van der Waals surface area contributed by atoms with Crippen molar-refractivity contribution in [2.45, 2.75) is 31.8 Å². The van der Waals surface area contributed by atoms with Crippen molar-refractivity contribution in [3.8, 4) is 11.4 Å². The van der Waals surface area contributed by atoms with E-state index in [1.807, 2.05) is 21.7 Å². The largest absolute Gasteiger partial charge is 0.368 e. The van der Waals surface area contributed by atoms with Gasteiger partial charge >= 0.3 is 0 Å². The standard InChI is InChI=1S/C18H22N4O4S/c23-16(4-3-15-19-17(20-26-15)13-5-11-27-12-13)21-6-8-22(9-7-21)18(24)14-2-1-10-25-14/h5,11-12,14H,1-4,6-10H2. The molecule has 0 radical (unpaired) electrons. The highest BCUT2D eigenvalue weighted by atomic mass is 32.1. The molecular weight excluding hydrogens is 368 g/mol. The van der Waals surface area contributed by atoms with Crippen molar-refractivity contribution >= 4 is 23.2 Å². The van der Waals surface area contributed by atoms with Crippen molar-refractivity contribution in [3.05, 3.63) is 22.7 Å². The normalized spacial score (nSPS) is 20.2. The Labute approximate surface area is 161 Å². The van der Waals surface area contributed by atoms with Gasteiger partial charge < -0.3 is 19.1 Å². The number of aromatic nitrogens is 2. The van der Waals surface area contributed by atoms with Crippen LogP contribution in [-0.2, 0) is 20.7 Å². The van der Waals surface area contributed by atoms with Crippen molar-refractivity contribution in [2.24, 2.45) is 0 Å². The van der Waals surface area contributed by atoms with Crippen LogP contribution in [0.5, 0.6) is 0 Å². The second-order valence-electron chi connectivity index (χ2n) is 6.73. The molecule has 1 atom stereocenters. The molecule has 2 fully saturated rings. The van der Waals surface area contributed by atoms with Crippen molar-refractivity contribution in [3.63, 3.8) is 0 Å². The molecule has 144 valence electrons.